The second kappa shape index (κ2) is 6.49. The molecule has 0 spiro atoms. The van der Waals surface area contributed by atoms with Crippen molar-refractivity contribution in [1.82, 2.24) is 4.90 Å². The van der Waals surface area contributed by atoms with Crippen molar-refractivity contribution in [2.24, 2.45) is 11.7 Å². The lowest BCUT2D eigenvalue weighted by atomic mass is 9.84. The molecule has 1 aliphatic rings. The Morgan fingerprint density at radius 2 is 2.21 bits per heavy atom. The molecule has 0 aliphatic carbocycles. The van der Waals surface area contributed by atoms with Crippen LogP contribution in [0.15, 0.2) is 18.2 Å². The summed E-state index contributed by atoms with van der Waals surface area (Å²) in [6, 6.07) is 5.58. The minimum atomic E-state index is -0.0861. The highest BCUT2D eigenvalue weighted by molar-refractivity contribution is 5.28. The molecule has 1 aromatic rings. The van der Waals surface area contributed by atoms with Gasteiger partial charge in [0.25, 0.3) is 0 Å². The third kappa shape index (κ3) is 3.15. The molecule has 0 bridgehead atoms. The van der Waals surface area contributed by atoms with Crippen LogP contribution in [0.3, 0.4) is 0 Å². The number of hydrogen-bond donors (Lipinski definition) is 1. The normalized spacial score (nSPS) is 24.6. The van der Waals surface area contributed by atoms with E-state index in [0.29, 0.717) is 12.5 Å². The number of likely N-dealkylation sites (tertiary alicyclic amines) is 1. The van der Waals surface area contributed by atoms with Gasteiger partial charge in [-0.2, -0.15) is 0 Å². The fourth-order valence-corrected chi connectivity index (χ4v) is 3.28. The van der Waals surface area contributed by atoms with E-state index in [1.54, 1.807) is 6.07 Å². The number of piperidine rings is 1. The van der Waals surface area contributed by atoms with Crippen LogP contribution in [-0.4, -0.2) is 24.5 Å². The van der Waals surface area contributed by atoms with Crippen LogP contribution in [0.2, 0.25) is 0 Å². The first-order chi connectivity index (χ1) is 9.17. The van der Waals surface area contributed by atoms with Crippen molar-refractivity contribution in [3.8, 4) is 0 Å². The molecule has 0 radical (unpaired) electrons. The van der Waals surface area contributed by atoms with Crippen LogP contribution in [-0.2, 0) is 0 Å². The summed E-state index contributed by atoms with van der Waals surface area (Å²) >= 11 is 0. The first-order valence-electron chi connectivity index (χ1n) is 7.37. The number of aryl methyl sites for hydroxylation is 1. The molecule has 0 amide bonds. The van der Waals surface area contributed by atoms with Gasteiger partial charge >= 0.3 is 0 Å². The van der Waals surface area contributed by atoms with Gasteiger partial charge in [-0.05, 0) is 57.8 Å². The zero-order chi connectivity index (χ0) is 13.8. The number of halogens is 1. The van der Waals surface area contributed by atoms with E-state index in [-0.39, 0.29) is 11.9 Å². The lowest BCUT2D eigenvalue weighted by Gasteiger charge is -2.41. The molecule has 2 rings (SSSR count). The summed E-state index contributed by atoms with van der Waals surface area (Å²) in [7, 11) is 0. The van der Waals surface area contributed by atoms with Gasteiger partial charge in [-0.1, -0.05) is 24.6 Å². The zero-order valence-corrected chi connectivity index (χ0v) is 12.0. The van der Waals surface area contributed by atoms with Crippen LogP contribution in [0.5, 0.6) is 0 Å². The monoisotopic (exact) mass is 264 g/mol. The molecule has 2 nitrogen and oxygen atoms in total. The van der Waals surface area contributed by atoms with Gasteiger partial charge in [0, 0.05) is 11.6 Å². The molecule has 2 atom stereocenters. The van der Waals surface area contributed by atoms with E-state index >= 15 is 0 Å². The Bertz CT molecular complexity index is 417. The molecule has 106 valence electrons. The van der Waals surface area contributed by atoms with Crippen molar-refractivity contribution in [1.29, 1.82) is 0 Å². The lowest BCUT2D eigenvalue weighted by molar-refractivity contribution is 0.0933. The number of benzene rings is 1. The van der Waals surface area contributed by atoms with Gasteiger partial charge < -0.3 is 5.73 Å². The van der Waals surface area contributed by atoms with Gasteiger partial charge in [0.15, 0.2) is 0 Å². The maximum atomic E-state index is 14.2. The molecule has 1 aromatic carbocycles. The Kier molecular flexibility index (Phi) is 4.94. The van der Waals surface area contributed by atoms with Crippen molar-refractivity contribution in [2.45, 2.75) is 39.2 Å². The van der Waals surface area contributed by atoms with Gasteiger partial charge in [0.2, 0.25) is 0 Å². The van der Waals surface area contributed by atoms with E-state index in [0.717, 1.165) is 37.1 Å². The molecular formula is C16H25FN2. The largest absolute Gasteiger partial charge is 0.330 e. The fraction of sp³-hybridized carbons (Fsp3) is 0.625. The molecule has 1 aliphatic heterocycles. The van der Waals surface area contributed by atoms with Gasteiger partial charge in [-0.25, -0.2) is 4.39 Å². The molecule has 0 aromatic heterocycles. The Labute approximate surface area is 115 Å². The third-order valence-electron chi connectivity index (χ3n) is 4.14. The highest BCUT2D eigenvalue weighted by Crippen LogP contribution is 2.37. The summed E-state index contributed by atoms with van der Waals surface area (Å²) in [6.45, 7) is 6.91. The maximum absolute atomic E-state index is 14.2. The molecule has 19 heavy (non-hydrogen) atoms. The van der Waals surface area contributed by atoms with E-state index in [4.69, 9.17) is 5.73 Å². The first kappa shape index (κ1) is 14.5. The standard InChI is InChI=1S/C16H25FN2/c1-3-8-19-9-4-5-13(11-18)16(19)14-10-12(2)6-7-15(14)17/h6-7,10,13,16H,3-5,8-9,11,18H2,1-2H3. The van der Waals surface area contributed by atoms with Crippen LogP contribution in [0, 0.1) is 18.7 Å². The van der Waals surface area contributed by atoms with E-state index in [9.17, 15) is 4.39 Å². The first-order valence-corrected chi connectivity index (χ1v) is 7.37. The number of rotatable bonds is 4. The Morgan fingerprint density at radius 1 is 1.42 bits per heavy atom. The molecule has 1 heterocycles. The lowest BCUT2D eigenvalue weighted by Crippen LogP contribution is -2.42. The molecule has 2 unspecified atom stereocenters. The van der Waals surface area contributed by atoms with Crippen LogP contribution in [0.25, 0.3) is 0 Å². The fourth-order valence-electron chi connectivity index (χ4n) is 3.28. The molecule has 1 saturated heterocycles. The summed E-state index contributed by atoms with van der Waals surface area (Å²) in [4.78, 5) is 2.42. The number of nitrogens with zero attached hydrogens (tertiary/aromatic N) is 1. The molecular weight excluding hydrogens is 239 g/mol. The molecule has 0 saturated carbocycles. The Balaban J connectivity index is 2.36. The molecule has 3 heteroatoms. The maximum Gasteiger partial charge on any atom is 0.128 e. The number of nitrogens with two attached hydrogens (primary N) is 1. The van der Waals surface area contributed by atoms with Gasteiger partial charge in [-0.15, -0.1) is 0 Å². The summed E-state index contributed by atoms with van der Waals surface area (Å²) in [5.74, 6) is 0.286. The second-order valence-corrected chi connectivity index (χ2v) is 5.64. The SMILES string of the molecule is CCCN1CCCC(CN)C1c1cc(C)ccc1F. The smallest absolute Gasteiger partial charge is 0.128 e. The van der Waals surface area contributed by atoms with E-state index < -0.39 is 0 Å². The van der Waals surface area contributed by atoms with E-state index in [1.165, 1.54) is 6.42 Å². The summed E-state index contributed by atoms with van der Waals surface area (Å²) in [6.07, 6.45) is 3.38. The van der Waals surface area contributed by atoms with Crippen LogP contribution < -0.4 is 5.73 Å². The van der Waals surface area contributed by atoms with Crippen LogP contribution in [0.1, 0.15) is 43.4 Å². The summed E-state index contributed by atoms with van der Waals surface area (Å²) in [5.41, 5.74) is 7.88. The summed E-state index contributed by atoms with van der Waals surface area (Å²) < 4.78 is 14.2. The number of hydrogen-bond acceptors (Lipinski definition) is 2. The highest BCUT2D eigenvalue weighted by Gasteiger charge is 2.32. The minimum Gasteiger partial charge on any atom is -0.330 e. The van der Waals surface area contributed by atoms with Crippen molar-refractivity contribution in [2.75, 3.05) is 19.6 Å². The average molecular weight is 264 g/mol. The molecule has 1 fully saturated rings. The minimum absolute atomic E-state index is 0.0861. The molecule has 2 N–H and O–H groups in total. The topological polar surface area (TPSA) is 29.3 Å². The Morgan fingerprint density at radius 3 is 2.89 bits per heavy atom. The highest BCUT2D eigenvalue weighted by atomic mass is 19.1. The third-order valence-corrected chi connectivity index (χ3v) is 4.14. The van der Waals surface area contributed by atoms with Gasteiger partial charge in [0.1, 0.15) is 5.82 Å². The van der Waals surface area contributed by atoms with E-state index in [2.05, 4.69) is 11.8 Å². The van der Waals surface area contributed by atoms with Crippen molar-refractivity contribution >= 4 is 0 Å². The van der Waals surface area contributed by atoms with Crippen molar-refractivity contribution in [3.63, 3.8) is 0 Å². The van der Waals surface area contributed by atoms with Crippen LogP contribution >= 0.6 is 0 Å². The predicted molar refractivity (Wildman–Crippen MR) is 77.5 cm³/mol. The van der Waals surface area contributed by atoms with E-state index in [1.807, 2.05) is 19.1 Å². The van der Waals surface area contributed by atoms with Crippen molar-refractivity contribution in [3.05, 3.63) is 35.1 Å². The van der Waals surface area contributed by atoms with Gasteiger partial charge in [0.05, 0.1) is 0 Å². The Hall–Kier alpha value is -0.930. The second-order valence-electron chi connectivity index (χ2n) is 5.64. The van der Waals surface area contributed by atoms with Crippen LogP contribution in [0.4, 0.5) is 4.39 Å². The average Bonchev–Trinajstić information content (AvgIpc) is 2.42. The zero-order valence-electron chi connectivity index (χ0n) is 12.0. The van der Waals surface area contributed by atoms with Gasteiger partial charge in [-0.3, -0.25) is 4.90 Å². The predicted octanol–water partition coefficient (Wildman–Crippen LogP) is 3.26. The quantitative estimate of drug-likeness (QED) is 0.904. The summed E-state index contributed by atoms with van der Waals surface area (Å²) in [5, 5.41) is 0. The van der Waals surface area contributed by atoms with Crippen molar-refractivity contribution < 1.29 is 4.39 Å².